The van der Waals surface area contributed by atoms with Gasteiger partial charge in [0.15, 0.2) is 0 Å². The van der Waals surface area contributed by atoms with Gasteiger partial charge in [-0.05, 0) is 29.6 Å². The highest BCUT2D eigenvalue weighted by atomic mass is 19.4. The summed E-state index contributed by atoms with van der Waals surface area (Å²) in [5.74, 6) is -58.5. The summed E-state index contributed by atoms with van der Waals surface area (Å²) >= 11 is 0. The summed E-state index contributed by atoms with van der Waals surface area (Å²) in [5.41, 5.74) is 8.54. The lowest BCUT2D eigenvalue weighted by Gasteiger charge is -2.42. The van der Waals surface area contributed by atoms with Crippen molar-refractivity contribution in [3.63, 3.8) is 0 Å². The van der Waals surface area contributed by atoms with Crippen LogP contribution in [0, 0.1) is 12.3 Å². The molecule has 0 N–H and O–H groups in total. The summed E-state index contributed by atoms with van der Waals surface area (Å²) in [6, 6.07) is 5.21. The number of amides is 1. The number of esters is 1. The third kappa shape index (κ3) is 7.60. The van der Waals surface area contributed by atoms with E-state index in [1.54, 1.807) is 0 Å². The lowest BCUT2D eigenvalue weighted by Crippen LogP contribution is -2.74. The first-order valence-electron chi connectivity index (χ1n) is 12.2. The molecule has 24 heteroatoms. The van der Waals surface area contributed by atoms with Gasteiger partial charge in [0.05, 0.1) is 19.6 Å². The number of hydrogen-bond donors (Lipinski definition) is 0. The molecule has 0 spiro atoms. The maximum absolute atomic E-state index is 14.0. The monoisotopic (exact) mass is 732 g/mol. The molecule has 1 rings (SSSR count). The molecule has 270 valence electrons. The van der Waals surface area contributed by atoms with E-state index in [1.807, 2.05) is 5.92 Å². The van der Waals surface area contributed by atoms with Gasteiger partial charge in [0.1, 0.15) is 6.54 Å². The second kappa shape index (κ2) is 14.1. The van der Waals surface area contributed by atoms with Gasteiger partial charge < -0.3 is 9.64 Å². The quantitative estimate of drug-likeness (QED) is 0.0439. The van der Waals surface area contributed by atoms with E-state index in [9.17, 15) is 84.2 Å². The smallest absolute Gasteiger partial charge is 0.460 e. The van der Waals surface area contributed by atoms with Crippen LogP contribution in [0.1, 0.15) is 22.3 Å². The highest BCUT2D eigenvalue weighted by Gasteiger charge is 2.95. The van der Waals surface area contributed by atoms with E-state index in [4.69, 9.17) is 12.0 Å². The Morgan fingerprint density at radius 3 is 1.79 bits per heavy atom. The third-order valence-corrected chi connectivity index (χ3v) is 6.09. The molecule has 0 aromatic heterocycles. The first-order chi connectivity index (χ1) is 21.5. The number of halogens is 17. The van der Waals surface area contributed by atoms with Crippen molar-refractivity contribution in [2.24, 2.45) is 5.11 Å². The molecule has 0 aliphatic rings. The number of terminal acetylenes is 1. The van der Waals surface area contributed by atoms with E-state index in [-0.39, 0.29) is 18.5 Å². The standard InChI is InChI=1S/C24H17F17N4O3/c1-2-9-45(16(47)14-5-3-4-13(11-14)6-8-43-44-42)12-15(46)48-10-7-17(25,26)18(27,28)19(29,30)20(31,32)21(33,34)22(35,36)23(37,38)24(39,40)41/h1,3-5,11H,6-10,12H2. The van der Waals surface area contributed by atoms with Gasteiger partial charge in [0.2, 0.25) is 0 Å². The lowest BCUT2D eigenvalue weighted by molar-refractivity contribution is -0.461. The lowest BCUT2D eigenvalue weighted by atomic mass is 9.88. The second-order valence-corrected chi connectivity index (χ2v) is 9.39. The largest absolute Gasteiger partial charge is 0.464 e. The maximum atomic E-state index is 14.0. The fourth-order valence-corrected chi connectivity index (χ4v) is 3.42. The molecule has 0 atom stereocenters. The molecule has 0 bridgehead atoms. The van der Waals surface area contributed by atoms with Crippen LogP contribution in [0.25, 0.3) is 10.4 Å². The Kier molecular flexibility index (Phi) is 12.3. The topological polar surface area (TPSA) is 95.4 Å². The molecule has 1 amide bonds. The SMILES string of the molecule is C#CCN(CC(=O)OCCC(F)(F)C(F)(F)C(F)(F)C(F)(F)C(F)(F)C(F)(F)C(F)(F)C(F)(F)F)C(=O)c1cccc(CCN=[N+]=[N-])c1. The van der Waals surface area contributed by atoms with E-state index < -0.39 is 85.6 Å². The predicted octanol–water partition coefficient (Wildman–Crippen LogP) is 7.56. The molecule has 0 saturated carbocycles. The number of ether oxygens (including phenoxy) is 1. The molecule has 0 fully saturated rings. The summed E-state index contributed by atoms with van der Waals surface area (Å²) in [5, 5.41) is 3.26. The zero-order valence-corrected chi connectivity index (χ0v) is 23.1. The minimum Gasteiger partial charge on any atom is -0.464 e. The number of rotatable bonds is 16. The Hall–Kier alpha value is -4.16. The van der Waals surface area contributed by atoms with Crippen LogP contribution in [0.4, 0.5) is 74.6 Å². The van der Waals surface area contributed by atoms with Crippen molar-refractivity contribution in [2.45, 2.75) is 60.5 Å². The normalized spacial score (nSPS) is 13.8. The van der Waals surface area contributed by atoms with Crippen molar-refractivity contribution in [3.05, 3.63) is 45.8 Å². The minimum absolute atomic E-state index is 0.0509. The van der Waals surface area contributed by atoms with Gasteiger partial charge in [-0.3, -0.25) is 9.59 Å². The molecule has 0 aliphatic heterocycles. The van der Waals surface area contributed by atoms with E-state index in [1.165, 1.54) is 24.3 Å². The maximum Gasteiger partial charge on any atom is 0.460 e. The van der Waals surface area contributed by atoms with Gasteiger partial charge in [0, 0.05) is 17.0 Å². The zero-order chi connectivity index (χ0) is 37.8. The predicted molar refractivity (Wildman–Crippen MR) is 125 cm³/mol. The summed E-state index contributed by atoms with van der Waals surface area (Å²) in [6.07, 6.45) is -5.67. The number of carbonyl (C=O) groups excluding carboxylic acids is 2. The van der Waals surface area contributed by atoms with Crippen LogP contribution in [0.2, 0.25) is 0 Å². The van der Waals surface area contributed by atoms with Crippen molar-refractivity contribution in [1.82, 2.24) is 4.90 Å². The van der Waals surface area contributed by atoms with Crippen molar-refractivity contribution in [3.8, 4) is 12.3 Å². The van der Waals surface area contributed by atoms with Crippen LogP contribution in [0.5, 0.6) is 0 Å². The number of carbonyl (C=O) groups is 2. The molecule has 1 aromatic rings. The van der Waals surface area contributed by atoms with Gasteiger partial charge in [0.25, 0.3) is 5.91 Å². The van der Waals surface area contributed by atoms with Gasteiger partial charge in [-0.1, -0.05) is 23.2 Å². The molecule has 0 aliphatic carbocycles. The molecule has 7 nitrogen and oxygen atoms in total. The first-order valence-corrected chi connectivity index (χ1v) is 12.2. The van der Waals surface area contributed by atoms with E-state index in [0.717, 1.165) is 0 Å². The molecule has 0 heterocycles. The number of azide groups is 1. The first kappa shape index (κ1) is 41.9. The van der Waals surface area contributed by atoms with Gasteiger partial charge in [-0.2, -0.15) is 74.6 Å². The van der Waals surface area contributed by atoms with Crippen molar-refractivity contribution in [1.29, 1.82) is 0 Å². The molecule has 0 unspecified atom stereocenters. The Morgan fingerprint density at radius 1 is 0.812 bits per heavy atom. The van der Waals surface area contributed by atoms with Crippen molar-refractivity contribution >= 4 is 11.9 Å². The van der Waals surface area contributed by atoms with Gasteiger partial charge in [-0.15, -0.1) is 6.42 Å². The summed E-state index contributed by atoms with van der Waals surface area (Å²) < 4.78 is 231. The average Bonchev–Trinajstić information content (AvgIpc) is 2.95. The Morgan fingerprint density at radius 2 is 1.31 bits per heavy atom. The van der Waals surface area contributed by atoms with Crippen LogP contribution in [0.15, 0.2) is 29.4 Å². The average molecular weight is 732 g/mol. The van der Waals surface area contributed by atoms with E-state index >= 15 is 0 Å². The van der Waals surface area contributed by atoms with Gasteiger partial charge in [-0.25, -0.2) is 0 Å². The zero-order valence-electron chi connectivity index (χ0n) is 23.1. The number of hydrogen-bond acceptors (Lipinski definition) is 4. The van der Waals surface area contributed by atoms with Crippen molar-refractivity contribution in [2.75, 3.05) is 26.2 Å². The summed E-state index contributed by atoms with van der Waals surface area (Å²) in [4.78, 5) is 27.8. The van der Waals surface area contributed by atoms with Crippen LogP contribution in [-0.2, 0) is 16.0 Å². The van der Waals surface area contributed by atoms with Gasteiger partial charge >= 0.3 is 53.6 Å². The molecular formula is C24H17F17N4O3. The van der Waals surface area contributed by atoms with Crippen LogP contribution < -0.4 is 0 Å². The second-order valence-electron chi connectivity index (χ2n) is 9.39. The highest BCUT2D eigenvalue weighted by Crippen LogP contribution is 2.64. The fraction of sp³-hybridized carbons (Fsp3) is 0.583. The van der Waals surface area contributed by atoms with E-state index in [0.29, 0.717) is 10.5 Å². The Bertz CT molecular complexity index is 1420. The summed E-state index contributed by atoms with van der Waals surface area (Å²) in [7, 11) is 0. The number of nitrogens with zero attached hydrogens (tertiary/aromatic N) is 4. The van der Waals surface area contributed by atoms with Crippen LogP contribution >= 0.6 is 0 Å². The molecule has 0 saturated heterocycles. The van der Waals surface area contributed by atoms with Crippen LogP contribution in [-0.4, -0.2) is 90.7 Å². The molecule has 48 heavy (non-hydrogen) atoms. The number of alkyl halides is 17. The molecule has 1 aromatic carbocycles. The molecular weight excluding hydrogens is 715 g/mol. The third-order valence-electron chi connectivity index (χ3n) is 6.09. The Balaban J connectivity index is 3.16. The van der Waals surface area contributed by atoms with E-state index in [2.05, 4.69) is 14.8 Å². The summed E-state index contributed by atoms with van der Waals surface area (Å²) in [6.45, 7) is -4.23. The highest BCUT2D eigenvalue weighted by molar-refractivity contribution is 5.96. The number of benzene rings is 1. The van der Waals surface area contributed by atoms with Crippen molar-refractivity contribution < 1.29 is 89.0 Å². The minimum atomic E-state index is -8.76. The molecule has 0 radical (unpaired) electrons. The Labute approximate surface area is 256 Å². The fourth-order valence-electron chi connectivity index (χ4n) is 3.42. The van der Waals surface area contributed by atoms with Crippen LogP contribution in [0.3, 0.4) is 0 Å².